The largest absolute Gasteiger partial charge is 0.480 e. The van der Waals surface area contributed by atoms with E-state index in [-0.39, 0.29) is 32.1 Å². The number of carbonyl (C=O) groups excluding carboxylic acids is 10. The van der Waals surface area contributed by atoms with Gasteiger partial charge in [0.25, 0.3) is 0 Å². The van der Waals surface area contributed by atoms with Gasteiger partial charge in [-0.15, -0.1) is 0 Å². The average Bonchev–Trinajstić information content (AvgIpc) is 3.81. The minimum absolute atomic E-state index is 0.147. The SMILES string of the molecule is CSCC[C@H](NC(=O)CN)C(=O)N[C@H](C(=O)N1C[C@H](O)C[C@H]1C(=O)N[C@H](C(=O)N[C@@H](CC(N)=O)C(=O)N1C[C@H](O)C[C@H]1C(=O)NCC(=O)N[C@@H](CCC(N)=O)C(=O)O)C(C)C)[C@@H](C)O. The minimum Gasteiger partial charge on any atom is -0.480 e. The van der Waals surface area contributed by atoms with Gasteiger partial charge in [-0.05, 0) is 37.7 Å². The summed E-state index contributed by atoms with van der Waals surface area (Å²) in [4.78, 5) is 143. The first-order valence-electron chi connectivity index (χ1n) is 20.3. The van der Waals surface area contributed by atoms with Crippen LogP contribution in [0.15, 0.2) is 0 Å². The Bertz CT molecular complexity index is 1750. The maximum absolute atomic E-state index is 13.9. The quantitative estimate of drug-likeness (QED) is 0.0404. The molecule has 64 heavy (non-hydrogen) atoms. The molecule has 0 radical (unpaired) electrons. The summed E-state index contributed by atoms with van der Waals surface area (Å²) < 4.78 is 0. The van der Waals surface area contributed by atoms with Crippen molar-refractivity contribution in [1.29, 1.82) is 0 Å². The zero-order chi connectivity index (χ0) is 48.6. The van der Waals surface area contributed by atoms with Crippen molar-refractivity contribution < 1.29 is 73.2 Å². The van der Waals surface area contributed by atoms with Crippen LogP contribution in [0, 0.1) is 5.92 Å². The number of likely N-dealkylation sites (tertiary alicyclic amines) is 2. The molecule has 0 aliphatic carbocycles. The molecule has 0 aromatic carbocycles. The third-order valence-electron chi connectivity index (χ3n) is 10.2. The van der Waals surface area contributed by atoms with Gasteiger partial charge in [-0.2, -0.15) is 11.8 Å². The Labute approximate surface area is 372 Å². The summed E-state index contributed by atoms with van der Waals surface area (Å²) >= 11 is 1.38. The summed E-state index contributed by atoms with van der Waals surface area (Å²) in [7, 11) is 0. The first-order valence-corrected chi connectivity index (χ1v) is 21.7. The molecule has 26 nitrogen and oxygen atoms in total. The van der Waals surface area contributed by atoms with E-state index >= 15 is 0 Å². The molecule has 10 atom stereocenters. The molecule has 2 rings (SSSR count). The number of β-amino-alcohol motifs (C(OH)–C–C–N with tert-alkyl or cyclic N) is 2. The molecule has 360 valence electrons. The van der Waals surface area contributed by atoms with E-state index in [4.69, 9.17) is 17.2 Å². The Morgan fingerprint density at radius 1 is 0.688 bits per heavy atom. The molecule has 0 aromatic heterocycles. The Hall–Kier alpha value is -5.64. The molecule has 2 aliphatic heterocycles. The van der Waals surface area contributed by atoms with Crippen molar-refractivity contribution in [2.75, 3.05) is 38.2 Å². The summed E-state index contributed by atoms with van der Waals surface area (Å²) in [5.74, 6) is -11.1. The maximum atomic E-state index is 13.9. The second kappa shape index (κ2) is 25.6. The normalized spacial score (nSPS) is 21.0. The molecular weight excluding hydrogens is 871 g/mol. The molecule has 0 aromatic rings. The van der Waals surface area contributed by atoms with E-state index in [1.54, 1.807) is 6.26 Å². The maximum Gasteiger partial charge on any atom is 0.326 e. The summed E-state index contributed by atoms with van der Waals surface area (Å²) in [5.41, 5.74) is 15.8. The van der Waals surface area contributed by atoms with Crippen LogP contribution in [-0.2, 0) is 52.7 Å². The number of primary amides is 2. The third kappa shape index (κ3) is 16.5. The van der Waals surface area contributed by atoms with Gasteiger partial charge in [0.2, 0.25) is 59.1 Å². The van der Waals surface area contributed by atoms with Gasteiger partial charge in [-0.25, -0.2) is 4.79 Å². The van der Waals surface area contributed by atoms with E-state index in [9.17, 15) is 73.2 Å². The van der Waals surface area contributed by atoms with E-state index in [0.717, 1.165) is 9.80 Å². The number of nitrogens with one attached hydrogen (secondary N) is 6. The van der Waals surface area contributed by atoms with E-state index in [0.29, 0.717) is 5.75 Å². The fourth-order valence-corrected chi connectivity index (χ4v) is 7.38. The van der Waals surface area contributed by atoms with E-state index < -0.39 is 164 Å². The summed E-state index contributed by atoms with van der Waals surface area (Å²) in [6.07, 6.45) is -4.31. The zero-order valence-corrected chi connectivity index (χ0v) is 36.8. The summed E-state index contributed by atoms with van der Waals surface area (Å²) in [5, 5.41) is 55.0. The fourth-order valence-electron chi connectivity index (χ4n) is 6.91. The molecule has 0 spiro atoms. The molecule has 10 amide bonds. The number of hydrogen-bond donors (Lipinski definition) is 13. The Morgan fingerprint density at radius 3 is 1.75 bits per heavy atom. The number of rotatable bonds is 25. The van der Waals surface area contributed by atoms with Crippen LogP contribution in [0.5, 0.6) is 0 Å². The van der Waals surface area contributed by atoms with Crippen molar-refractivity contribution in [1.82, 2.24) is 41.7 Å². The number of aliphatic hydroxyl groups excluding tert-OH is 3. The Kier molecular flexibility index (Phi) is 21.8. The number of amides is 10. The molecular formula is C37H61N11O15S. The molecule has 0 saturated carbocycles. The van der Waals surface area contributed by atoms with Crippen LogP contribution in [0.2, 0.25) is 0 Å². The lowest BCUT2D eigenvalue weighted by Crippen LogP contribution is -2.62. The summed E-state index contributed by atoms with van der Waals surface area (Å²) in [6.45, 7) is 2.16. The Balaban J connectivity index is 2.25. The van der Waals surface area contributed by atoms with Crippen molar-refractivity contribution in [3.05, 3.63) is 0 Å². The third-order valence-corrected chi connectivity index (χ3v) is 10.9. The molecule has 0 unspecified atom stereocenters. The molecule has 2 aliphatic rings. The summed E-state index contributed by atoms with van der Waals surface area (Å²) in [6, 6.07) is -10.4. The number of aliphatic hydroxyl groups is 3. The number of thioether (sulfide) groups is 1. The van der Waals surface area contributed by atoms with Crippen molar-refractivity contribution in [2.45, 2.75) is 120 Å². The number of carbonyl (C=O) groups is 11. The molecule has 0 bridgehead atoms. The lowest BCUT2D eigenvalue weighted by molar-refractivity contribution is -0.145. The van der Waals surface area contributed by atoms with Crippen LogP contribution >= 0.6 is 11.8 Å². The van der Waals surface area contributed by atoms with Gasteiger partial charge >= 0.3 is 5.97 Å². The number of nitrogens with two attached hydrogens (primary N) is 3. The van der Waals surface area contributed by atoms with Crippen LogP contribution in [0.3, 0.4) is 0 Å². The fraction of sp³-hybridized carbons (Fsp3) is 0.703. The van der Waals surface area contributed by atoms with Gasteiger partial charge in [0, 0.05) is 32.4 Å². The number of aliphatic carboxylic acids is 1. The predicted molar refractivity (Wildman–Crippen MR) is 223 cm³/mol. The highest BCUT2D eigenvalue weighted by Crippen LogP contribution is 2.23. The van der Waals surface area contributed by atoms with E-state index in [1.165, 1.54) is 32.5 Å². The number of nitrogens with zero attached hydrogens (tertiary/aromatic N) is 2. The molecule has 2 fully saturated rings. The van der Waals surface area contributed by atoms with Gasteiger partial charge in [-0.1, -0.05) is 13.8 Å². The van der Waals surface area contributed by atoms with Crippen molar-refractivity contribution in [3.63, 3.8) is 0 Å². The van der Waals surface area contributed by atoms with Crippen molar-refractivity contribution in [3.8, 4) is 0 Å². The van der Waals surface area contributed by atoms with Crippen LogP contribution in [-0.4, -0.2) is 194 Å². The van der Waals surface area contributed by atoms with E-state index in [2.05, 4.69) is 31.9 Å². The van der Waals surface area contributed by atoms with Gasteiger partial charge in [-0.3, -0.25) is 47.9 Å². The highest BCUT2D eigenvalue weighted by atomic mass is 32.2. The van der Waals surface area contributed by atoms with Crippen molar-refractivity contribution >= 4 is 76.8 Å². The van der Waals surface area contributed by atoms with Crippen LogP contribution in [0.4, 0.5) is 0 Å². The predicted octanol–water partition coefficient (Wildman–Crippen LogP) is -7.58. The zero-order valence-electron chi connectivity index (χ0n) is 35.9. The first-order chi connectivity index (χ1) is 29.9. The number of hydrogen-bond acceptors (Lipinski definition) is 16. The molecule has 2 saturated heterocycles. The van der Waals surface area contributed by atoms with Gasteiger partial charge in [0.1, 0.15) is 42.3 Å². The van der Waals surface area contributed by atoms with Gasteiger partial charge in [0.05, 0.1) is 37.8 Å². The molecule has 16 N–H and O–H groups in total. The highest BCUT2D eigenvalue weighted by Gasteiger charge is 2.46. The second-order valence-electron chi connectivity index (χ2n) is 15.8. The average molecular weight is 932 g/mol. The first kappa shape index (κ1) is 54.5. The minimum atomic E-state index is -1.76. The topological polar surface area (TPSA) is 425 Å². The van der Waals surface area contributed by atoms with Crippen LogP contribution < -0.4 is 49.1 Å². The van der Waals surface area contributed by atoms with Crippen molar-refractivity contribution in [2.24, 2.45) is 23.1 Å². The standard InChI is InChI=1S/C37H61N11O15S/c1-16(2)29(45-33(58)24-10-19(51)15-48(24)36(61)30(17(3)49)46-31(56)20(7-8-64-4)42-27(54)12-38)34(59)44-22(11-26(40)53)35(60)47-14-18(50)9-23(47)32(57)41-13-28(55)43-21(37(62)63)5-6-25(39)52/h16-24,29-30,49-51H,5-15,38H2,1-4H3,(H2,39,52)(H2,40,53)(H,41,57)(H,42,54)(H,43,55)(H,44,59)(H,45,58)(H,46,56)(H,62,63)/t17-,18-,19-,20+,21+,22+,23+,24+,29+,30+/m1/s1. The van der Waals surface area contributed by atoms with Gasteiger partial charge < -0.3 is 79.3 Å². The lowest BCUT2D eigenvalue weighted by atomic mass is 10.0. The van der Waals surface area contributed by atoms with Crippen LogP contribution in [0.1, 0.15) is 59.3 Å². The smallest absolute Gasteiger partial charge is 0.326 e. The van der Waals surface area contributed by atoms with E-state index in [1.807, 2.05) is 0 Å². The van der Waals surface area contributed by atoms with Gasteiger partial charge in [0.15, 0.2) is 0 Å². The number of carboxylic acid groups (broad SMARTS) is 1. The van der Waals surface area contributed by atoms with Crippen LogP contribution in [0.25, 0.3) is 0 Å². The highest BCUT2D eigenvalue weighted by molar-refractivity contribution is 7.98. The molecule has 27 heteroatoms. The monoisotopic (exact) mass is 931 g/mol. The molecule has 2 heterocycles. The Morgan fingerprint density at radius 2 is 1.25 bits per heavy atom. The lowest BCUT2D eigenvalue weighted by Gasteiger charge is -2.32. The number of carboxylic acids is 1. The second-order valence-corrected chi connectivity index (χ2v) is 16.8.